The van der Waals surface area contributed by atoms with Gasteiger partial charge >= 0.3 is 0 Å². The molecule has 0 radical (unpaired) electrons. The molecule has 1 aromatic rings. The van der Waals surface area contributed by atoms with E-state index < -0.39 is 0 Å². The lowest BCUT2D eigenvalue weighted by Gasteiger charge is -2.02. The average Bonchev–Trinajstić information content (AvgIpc) is 2.32. The summed E-state index contributed by atoms with van der Waals surface area (Å²) in [5.41, 5.74) is 0.453. The van der Waals surface area contributed by atoms with Gasteiger partial charge in [0.1, 0.15) is 5.82 Å². The SMILES string of the molecule is C=CCCCCCC(=O)c1ccc(Br)c(F)c1. The molecule has 1 aromatic carbocycles. The number of hydrogen-bond donors (Lipinski definition) is 0. The van der Waals surface area contributed by atoms with Crippen LogP contribution in [-0.4, -0.2) is 5.78 Å². The molecule has 92 valence electrons. The zero-order chi connectivity index (χ0) is 12.7. The number of hydrogen-bond acceptors (Lipinski definition) is 1. The summed E-state index contributed by atoms with van der Waals surface area (Å²) in [6.45, 7) is 3.65. The fourth-order valence-corrected chi connectivity index (χ4v) is 1.81. The average molecular weight is 299 g/mol. The Hall–Kier alpha value is -0.960. The van der Waals surface area contributed by atoms with Crippen molar-refractivity contribution < 1.29 is 9.18 Å². The fourth-order valence-electron chi connectivity index (χ4n) is 1.56. The van der Waals surface area contributed by atoms with Crippen LogP contribution in [0.3, 0.4) is 0 Å². The van der Waals surface area contributed by atoms with Crippen molar-refractivity contribution in [2.24, 2.45) is 0 Å². The van der Waals surface area contributed by atoms with Crippen LogP contribution in [0.1, 0.15) is 42.5 Å². The van der Waals surface area contributed by atoms with Crippen LogP contribution in [0.15, 0.2) is 35.3 Å². The molecule has 0 atom stereocenters. The molecular weight excluding hydrogens is 283 g/mol. The molecular formula is C14H16BrFO. The molecule has 0 bridgehead atoms. The molecule has 0 heterocycles. The number of benzene rings is 1. The van der Waals surface area contributed by atoms with Crippen LogP contribution < -0.4 is 0 Å². The summed E-state index contributed by atoms with van der Waals surface area (Å²) in [5.74, 6) is -0.377. The maximum Gasteiger partial charge on any atom is 0.162 e. The number of ketones is 1. The quantitative estimate of drug-likeness (QED) is 0.397. The molecule has 1 nitrogen and oxygen atoms in total. The molecule has 0 fully saturated rings. The van der Waals surface area contributed by atoms with Crippen LogP contribution in [0.4, 0.5) is 4.39 Å². The van der Waals surface area contributed by atoms with E-state index in [0.717, 1.165) is 25.7 Å². The number of halogens is 2. The topological polar surface area (TPSA) is 17.1 Å². The highest BCUT2D eigenvalue weighted by Crippen LogP contribution is 2.18. The Balaban J connectivity index is 2.41. The number of carbonyl (C=O) groups excluding carboxylic acids is 1. The fraction of sp³-hybridized carbons (Fsp3) is 0.357. The zero-order valence-electron chi connectivity index (χ0n) is 9.72. The summed E-state index contributed by atoms with van der Waals surface area (Å²) in [6.07, 6.45) is 6.28. The van der Waals surface area contributed by atoms with Gasteiger partial charge in [-0.25, -0.2) is 4.39 Å². The summed E-state index contributed by atoms with van der Waals surface area (Å²) in [4.78, 5) is 11.7. The van der Waals surface area contributed by atoms with E-state index in [4.69, 9.17) is 0 Å². The third-order valence-corrected chi connectivity index (χ3v) is 3.20. The first-order valence-electron chi connectivity index (χ1n) is 5.74. The van der Waals surface area contributed by atoms with E-state index in [1.807, 2.05) is 6.08 Å². The summed E-state index contributed by atoms with van der Waals surface area (Å²) in [5, 5.41) is 0. The van der Waals surface area contributed by atoms with Gasteiger partial charge in [0.25, 0.3) is 0 Å². The third-order valence-electron chi connectivity index (χ3n) is 2.55. The minimum absolute atomic E-state index is 0.00926. The van der Waals surface area contributed by atoms with Crippen molar-refractivity contribution in [2.45, 2.75) is 32.1 Å². The van der Waals surface area contributed by atoms with Crippen molar-refractivity contribution in [1.82, 2.24) is 0 Å². The predicted molar refractivity (Wildman–Crippen MR) is 71.7 cm³/mol. The lowest BCUT2D eigenvalue weighted by molar-refractivity contribution is 0.0978. The van der Waals surface area contributed by atoms with Gasteiger partial charge in [-0.05, 0) is 47.3 Å². The molecule has 0 unspecified atom stereocenters. The molecule has 0 aliphatic rings. The summed E-state index contributed by atoms with van der Waals surface area (Å²) < 4.78 is 13.6. The standard InChI is InChI=1S/C14H16BrFO/c1-2-3-4-5-6-7-14(17)11-8-9-12(15)13(16)10-11/h2,8-10H,1,3-7H2. The molecule has 0 aliphatic carbocycles. The minimum Gasteiger partial charge on any atom is -0.294 e. The van der Waals surface area contributed by atoms with Gasteiger partial charge in [0, 0.05) is 12.0 Å². The van der Waals surface area contributed by atoms with Gasteiger partial charge in [-0.3, -0.25) is 4.79 Å². The first-order valence-corrected chi connectivity index (χ1v) is 6.53. The van der Waals surface area contributed by atoms with Crippen molar-refractivity contribution in [3.05, 3.63) is 46.7 Å². The van der Waals surface area contributed by atoms with Crippen LogP contribution in [-0.2, 0) is 0 Å². The van der Waals surface area contributed by atoms with Crippen molar-refractivity contribution in [3.8, 4) is 0 Å². The predicted octanol–water partition coefficient (Wildman–Crippen LogP) is 4.91. The maximum atomic E-state index is 13.2. The summed E-state index contributed by atoms with van der Waals surface area (Å²) in [7, 11) is 0. The zero-order valence-corrected chi connectivity index (χ0v) is 11.3. The third kappa shape index (κ3) is 4.82. The molecule has 3 heteroatoms. The molecule has 0 spiro atoms. The molecule has 0 saturated heterocycles. The van der Waals surface area contributed by atoms with E-state index >= 15 is 0 Å². The Labute approximate surface area is 110 Å². The Morgan fingerprint density at radius 1 is 1.35 bits per heavy atom. The smallest absolute Gasteiger partial charge is 0.162 e. The van der Waals surface area contributed by atoms with E-state index in [0.29, 0.717) is 16.5 Å². The second-order valence-corrected chi connectivity index (χ2v) is 4.79. The van der Waals surface area contributed by atoms with Crippen molar-refractivity contribution in [1.29, 1.82) is 0 Å². The van der Waals surface area contributed by atoms with Crippen LogP contribution in [0, 0.1) is 5.82 Å². The number of carbonyl (C=O) groups is 1. The minimum atomic E-state index is -0.387. The van der Waals surface area contributed by atoms with Gasteiger partial charge in [0.05, 0.1) is 4.47 Å². The van der Waals surface area contributed by atoms with Crippen molar-refractivity contribution in [2.75, 3.05) is 0 Å². The molecule has 1 rings (SSSR count). The Morgan fingerprint density at radius 2 is 2.12 bits per heavy atom. The first kappa shape index (κ1) is 14.1. The molecule has 0 N–H and O–H groups in total. The monoisotopic (exact) mass is 298 g/mol. The lowest BCUT2D eigenvalue weighted by Crippen LogP contribution is -1.99. The number of Topliss-reactive ketones (excluding diaryl/α,β-unsaturated/α-hetero) is 1. The summed E-state index contributed by atoms with van der Waals surface area (Å²) in [6, 6.07) is 4.51. The second-order valence-electron chi connectivity index (χ2n) is 3.94. The first-order chi connectivity index (χ1) is 8.15. The van der Waals surface area contributed by atoms with Gasteiger partial charge < -0.3 is 0 Å². The maximum absolute atomic E-state index is 13.2. The van der Waals surface area contributed by atoms with E-state index in [1.54, 1.807) is 12.1 Å². The second kappa shape index (κ2) is 7.38. The molecule has 17 heavy (non-hydrogen) atoms. The van der Waals surface area contributed by atoms with Gasteiger partial charge in [-0.15, -0.1) is 6.58 Å². The number of unbranched alkanes of at least 4 members (excludes halogenated alkanes) is 3. The van der Waals surface area contributed by atoms with Gasteiger partial charge in [-0.2, -0.15) is 0 Å². The van der Waals surface area contributed by atoms with Crippen molar-refractivity contribution in [3.63, 3.8) is 0 Å². The Kier molecular flexibility index (Phi) is 6.12. The van der Waals surface area contributed by atoms with Crippen LogP contribution >= 0.6 is 15.9 Å². The van der Waals surface area contributed by atoms with E-state index in [-0.39, 0.29) is 11.6 Å². The molecule has 0 aromatic heterocycles. The van der Waals surface area contributed by atoms with Crippen LogP contribution in [0.25, 0.3) is 0 Å². The van der Waals surface area contributed by atoms with E-state index in [9.17, 15) is 9.18 Å². The van der Waals surface area contributed by atoms with Crippen LogP contribution in [0.2, 0.25) is 0 Å². The summed E-state index contributed by atoms with van der Waals surface area (Å²) >= 11 is 3.06. The van der Waals surface area contributed by atoms with E-state index in [1.165, 1.54) is 6.07 Å². The highest BCUT2D eigenvalue weighted by atomic mass is 79.9. The highest BCUT2D eigenvalue weighted by Gasteiger charge is 2.08. The number of allylic oxidation sites excluding steroid dienone is 1. The Bertz CT molecular complexity index is 401. The van der Waals surface area contributed by atoms with E-state index in [2.05, 4.69) is 22.5 Å². The molecule has 0 amide bonds. The Morgan fingerprint density at radius 3 is 2.76 bits per heavy atom. The van der Waals surface area contributed by atoms with Gasteiger partial charge in [0.2, 0.25) is 0 Å². The molecule has 0 aliphatic heterocycles. The van der Waals surface area contributed by atoms with Crippen LogP contribution in [0.5, 0.6) is 0 Å². The largest absolute Gasteiger partial charge is 0.294 e. The number of rotatable bonds is 7. The normalized spacial score (nSPS) is 10.2. The molecule has 0 saturated carbocycles. The van der Waals surface area contributed by atoms with Gasteiger partial charge in [-0.1, -0.05) is 18.6 Å². The highest BCUT2D eigenvalue weighted by molar-refractivity contribution is 9.10. The van der Waals surface area contributed by atoms with Gasteiger partial charge in [0.15, 0.2) is 5.78 Å². The van der Waals surface area contributed by atoms with Crippen molar-refractivity contribution >= 4 is 21.7 Å². The lowest BCUT2D eigenvalue weighted by atomic mass is 10.0.